The van der Waals surface area contributed by atoms with Crippen LogP contribution in [0, 0.1) is 4.91 Å². The fourth-order valence-electron chi connectivity index (χ4n) is 3.56. The minimum absolute atomic E-state index is 0.0160. The monoisotopic (exact) mass is 500 g/mol. The van der Waals surface area contributed by atoms with Gasteiger partial charge in [0.1, 0.15) is 0 Å². The Labute approximate surface area is 202 Å². The molecule has 0 aliphatic carbocycles. The van der Waals surface area contributed by atoms with Crippen molar-refractivity contribution >= 4 is 47.4 Å². The summed E-state index contributed by atoms with van der Waals surface area (Å²) in [5.74, 6) is -3.98. The molecule has 0 fully saturated rings. The van der Waals surface area contributed by atoms with Crippen LogP contribution in [-0.4, -0.2) is 59.4 Å². The van der Waals surface area contributed by atoms with Gasteiger partial charge >= 0.3 is 0 Å². The van der Waals surface area contributed by atoms with Gasteiger partial charge in [-0.2, -0.15) is 4.98 Å². The van der Waals surface area contributed by atoms with E-state index in [1.54, 1.807) is 0 Å². The van der Waals surface area contributed by atoms with Crippen LogP contribution in [0.3, 0.4) is 0 Å². The molecule has 36 heavy (non-hydrogen) atoms. The first-order valence-corrected chi connectivity index (χ1v) is 10.4. The van der Waals surface area contributed by atoms with E-state index < -0.39 is 48.3 Å². The number of amides is 2. The predicted octanol–water partition coefficient (Wildman–Crippen LogP) is -3.32. The van der Waals surface area contributed by atoms with Gasteiger partial charge in [0.15, 0.2) is 11.5 Å². The molecule has 1 aromatic heterocycles. The maximum atomic E-state index is 12.4. The lowest BCUT2D eigenvalue weighted by atomic mass is 10.1. The number of nitrogen functional groups attached to an aromatic ring is 1. The number of nitrogens with zero attached hydrogens (tertiary/aromatic N) is 4. The zero-order valence-corrected chi connectivity index (χ0v) is 18.5. The van der Waals surface area contributed by atoms with Crippen molar-refractivity contribution in [3.05, 3.63) is 45.1 Å². The number of H-pyrrole nitrogens is 1. The molecule has 0 saturated heterocycles. The lowest BCUT2D eigenvalue weighted by Crippen LogP contribution is -2.51. The lowest BCUT2D eigenvalue weighted by molar-refractivity contribution is -0.309. The molecule has 2 aromatic rings. The minimum atomic E-state index is -1.66. The van der Waals surface area contributed by atoms with E-state index in [1.165, 1.54) is 24.3 Å². The number of nitrogens with two attached hydrogens (primary N) is 1. The van der Waals surface area contributed by atoms with Gasteiger partial charge in [-0.15, -0.1) is 4.91 Å². The van der Waals surface area contributed by atoms with E-state index in [2.05, 4.69) is 25.9 Å². The summed E-state index contributed by atoms with van der Waals surface area (Å²) in [7, 11) is 0. The second-order valence-electron chi connectivity index (χ2n) is 7.66. The van der Waals surface area contributed by atoms with Crippen LogP contribution >= 0.6 is 0 Å². The molecule has 2 atom stereocenters. The van der Waals surface area contributed by atoms with Gasteiger partial charge in [0.2, 0.25) is 12.4 Å². The van der Waals surface area contributed by atoms with Crippen molar-refractivity contribution in [1.82, 2.24) is 15.3 Å². The Morgan fingerprint density at radius 3 is 2.58 bits per heavy atom. The molecule has 0 saturated carbocycles. The average Bonchev–Trinajstić information content (AvgIpc) is 2.84. The second kappa shape index (κ2) is 10.9. The van der Waals surface area contributed by atoms with Gasteiger partial charge in [-0.3, -0.25) is 19.4 Å². The molecule has 1 aliphatic rings. The van der Waals surface area contributed by atoms with Crippen molar-refractivity contribution in [2.75, 3.05) is 34.0 Å². The average molecular weight is 500 g/mol. The fraction of sp³-hybridized carbons (Fsp3) is 0.300. The lowest BCUT2D eigenvalue weighted by Gasteiger charge is -2.35. The summed E-state index contributed by atoms with van der Waals surface area (Å²) in [6.45, 7) is -0.0232. The first-order valence-electron chi connectivity index (χ1n) is 10.4. The van der Waals surface area contributed by atoms with Gasteiger partial charge in [-0.05, 0) is 37.1 Å². The number of carbonyl (C=O) groups is 4. The van der Waals surface area contributed by atoms with Crippen molar-refractivity contribution in [1.29, 1.82) is 0 Å². The third-order valence-electron chi connectivity index (χ3n) is 5.32. The van der Waals surface area contributed by atoms with Crippen LogP contribution in [0.15, 0.2) is 34.3 Å². The van der Waals surface area contributed by atoms with Crippen LogP contribution in [0.1, 0.15) is 23.2 Å². The number of hydrogen-bond acceptors (Lipinski definition) is 12. The minimum Gasteiger partial charge on any atom is -0.550 e. The maximum absolute atomic E-state index is 12.4. The zero-order valence-electron chi connectivity index (χ0n) is 18.5. The Hall–Kier alpha value is -5.02. The Morgan fingerprint density at radius 2 is 2.00 bits per heavy atom. The third kappa shape index (κ3) is 5.72. The number of hydrogen-bond donors (Lipinski definition) is 4. The van der Waals surface area contributed by atoms with Gasteiger partial charge in [-0.1, -0.05) is 0 Å². The van der Waals surface area contributed by atoms with E-state index in [0.717, 1.165) is 9.91 Å². The standard InChI is InChI=1S/C20H22N8O8/c21-20-24-16-15(18(33)25-20)27(9-29)12(7-22-16)8-28(26-36)11-3-1-10(2-4-11)17(32)23-13(19(34)35)5-6-14(30)31/h1-4,9,12-13H,5-8H2,(H,23,32)(H,30,31)(H,34,35)(H4,21,22,24,25,33)/p-2/t12-,13+/m1/s1. The van der Waals surface area contributed by atoms with Crippen LogP contribution in [0.25, 0.3) is 0 Å². The number of aliphatic carboxylic acids is 2. The van der Waals surface area contributed by atoms with E-state index in [9.17, 15) is 39.1 Å². The van der Waals surface area contributed by atoms with E-state index in [4.69, 9.17) is 5.73 Å². The van der Waals surface area contributed by atoms with E-state index in [1.807, 2.05) is 0 Å². The molecule has 2 heterocycles. The number of aromatic amines is 1. The van der Waals surface area contributed by atoms with Crippen molar-refractivity contribution in [3.63, 3.8) is 0 Å². The Balaban J connectivity index is 1.72. The molecule has 0 radical (unpaired) electrons. The van der Waals surface area contributed by atoms with Crippen LogP contribution in [0.5, 0.6) is 0 Å². The number of nitroso groups, excluding NO2 is 1. The molecule has 0 unspecified atom stereocenters. The third-order valence-corrected chi connectivity index (χ3v) is 5.32. The molecule has 190 valence electrons. The topological polar surface area (TPSA) is 246 Å². The molecule has 1 aromatic carbocycles. The largest absolute Gasteiger partial charge is 0.550 e. The number of aromatic nitrogens is 2. The summed E-state index contributed by atoms with van der Waals surface area (Å²) in [5.41, 5.74) is 5.04. The molecule has 1 aliphatic heterocycles. The summed E-state index contributed by atoms with van der Waals surface area (Å²) >= 11 is 0. The number of nitrogens with one attached hydrogen (secondary N) is 3. The Kier molecular flexibility index (Phi) is 7.78. The maximum Gasteiger partial charge on any atom is 0.278 e. The number of benzene rings is 1. The van der Waals surface area contributed by atoms with E-state index in [-0.39, 0.29) is 41.8 Å². The SMILES string of the molecule is Nc1nc2c(c(=O)[nH]1)N(C=O)[C@@H](CN(N=O)c1ccc(C(=O)N[C@@H](CCC(=O)[O-])C(=O)[O-])cc1)CN2. The number of anilines is 4. The van der Waals surface area contributed by atoms with E-state index in [0.29, 0.717) is 6.41 Å². The Morgan fingerprint density at radius 1 is 1.31 bits per heavy atom. The smallest absolute Gasteiger partial charge is 0.278 e. The number of carboxylic acids is 2. The fourth-order valence-corrected chi connectivity index (χ4v) is 3.56. The number of rotatable bonds is 11. The number of carbonyl (C=O) groups excluding carboxylic acids is 4. The summed E-state index contributed by atoms with van der Waals surface area (Å²) < 4.78 is 0. The van der Waals surface area contributed by atoms with Crippen molar-refractivity contribution in [2.24, 2.45) is 5.29 Å². The van der Waals surface area contributed by atoms with Crippen LogP contribution in [-0.2, 0) is 14.4 Å². The van der Waals surface area contributed by atoms with Gasteiger partial charge in [-0.25, -0.2) is 5.01 Å². The normalized spacial score (nSPS) is 15.1. The van der Waals surface area contributed by atoms with Crippen LogP contribution < -0.4 is 42.0 Å². The van der Waals surface area contributed by atoms with Gasteiger partial charge in [0.05, 0.1) is 35.6 Å². The second-order valence-corrected chi connectivity index (χ2v) is 7.66. The highest BCUT2D eigenvalue weighted by Gasteiger charge is 2.31. The summed E-state index contributed by atoms with van der Waals surface area (Å²) in [6.07, 6.45) is -0.596. The van der Waals surface area contributed by atoms with Crippen LogP contribution in [0.4, 0.5) is 23.1 Å². The van der Waals surface area contributed by atoms with Gasteiger partial charge < -0.3 is 41.1 Å². The number of fused-ring (bicyclic) bond motifs is 1. The highest BCUT2D eigenvalue weighted by Crippen LogP contribution is 2.26. The first kappa shape index (κ1) is 25.6. The summed E-state index contributed by atoms with van der Waals surface area (Å²) in [6, 6.07) is 3.03. The highest BCUT2D eigenvalue weighted by atomic mass is 16.4. The van der Waals surface area contributed by atoms with Gasteiger partial charge in [0.25, 0.3) is 11.5 Å². The van der Waals surface area contributed by atoms with Crippen LogP contribution in [0.2, 0.25) is 0 Å². The molecule has 0 spiro atoms. The summed E-state index contributed by atoms with van der Waals surface area (Å²) in [4.78, 5) is 77.0. The molecule has 5 N–H and O–H groups in total. The molecule has 0 bridgehead atoms. The molecule has 2 amide bonds. The van der Waals surface area contributed by atoms with Crippen molar-refractivity contribution < 1.29 is 29.4 Å². The molecule has 16 nitrogen and oxygen atoms in total. The quantitative estimate of drug-likeness (QED) is 0.134. The Bertz CT molecular complexity index is 1230. The highest BCUT2D eigenvalue weighted by molar-refractivity contribution is 5.96. The predicted molar refractivity (Wildman–Crippen MR) is 120 cm³/mol. The first-order chi connectivity index (χ1) is 17.1. The number of carboxylic acid groups (broad SMARTS) is 2. The van der Waals surface area contributed by atoms with Gasteiger partial charge in [0, 0.05) is 18.1 Å². The molecule has 16 heteroatoms. The summed E-state index contributed by atoms with van der Waals surface area (Å²) in [5, 5.41) is 30.7. The molecular formula is C20H20N8O8-2. The van der Waals surface area contributed by atoms with E-state index >= 15 is 0 Å². The molecular weight excluding hydrogens is 480 g/mol. The zero-order chi connectivity index (χ0) is 26.4. The van der Waals surface area contributed by atoms with Crippen molar-refractivity contribution in [2.45, 2.75) is 24.9 Å². The van der Waals surface area contributed by atoms with Crippen molar-refractivity contribution in [3.8, 4) is 0 Å². The molecule has 3 rings (SSSR count).